The number of ether oxygens (including phenoxy) is 1. The summed E-state index contributed by atoms with van der Waals surface area (Å²) in [6.45, 7) is 1.35. The standard InChI is InChI=1S/C12H13FN4O4/c1-7-6-8(2-3-9(7)13)14-11(15-19)10-12(17-21-16-10)20-5-4-18/h2-3,6,18-19H,4-5H2,1H3,(H,14,15). The Morgan fingerprint density at radius 1 is 1.48 bits per heavy atom. The van der Waals surface area contributed by atoms with Gasteiger partial charge in [0.25, 0.3) is 5.88 Å². The normalized spacial score (nSPS) is 11.5. The molecule has 0 radical (unpaired) electrons. The van der Waals surface area contributed by atoms with Crippen LogP contribution in [-0.2, 0) is 0 Å². The molecule has 0 unspecified atom stereocenters. The smallest absolute Gasteiger partial charge is 0.287 e. The molecule has 21 heavy (non-hydrogen) atoms. The van der Waals surface area contributed by atoms with Gasteiger partial charge in [-0.1, -0.05) is 0 Å². The van der Waals surface area contributed by atoms with Gasteiger partial charge in [-0.2, -0.15) is 0 Å². The average molecular weight is 296 g/mol. The molecule has 2 aromatic rings. The summed E-state index contributed by atoms with van der Waals surface area (Å²) >= 11 is 0. The van der Waals surface area contributed by atoms with Crippen LogP contribution < -0.4 is 10.2 Å². The molecule has 0 fully saturated rings. The van der Waals surface area contributed by atoms with Crippen LogP contribution in [-0.4, -0.2) is 39.7 Å². The molecule has 0 aliphatic heterocycles. The lowest BCUT2D eigenvalue weighted by molar-refractivity contribution is 0.187. The van der Waals surface area contributed by atoms with Gasteiger partial charge in [0, 0.05) is 0 Å². The largest absolute Gasteiger partial charge is 0.471 e. The summed E-state index contributed by atoms with van der Waals surface area (Å²) in [6.07, 6.45) is 0. The van der Waals surface area contributed by atoms with Crippen molar-refractivity contribution in [1.29, 1.82) is 0 Å². The summed E-state index contributed by atoms with van der Waals surface area (Å²) in [5, 5.41) is 24.9. The third kappa shape index (κ3) is 3.52. The van der Waals surface area contributed by atoms with Gasteiger partial charge in [0.1, 0.15) is 12.4 Å². The summed E-state index contributed by atoms with van der Waals surface area (Å²) < 4.78 is 22.8. The van der Waals surface area contributed by atoms with Gasteiger partial charge in [-0.05, 0) is 41.0 Å². The van der Waals surface area contributed by atoms with E-state index in [1.54, 1.807) is 6.92 Å². The molecule has 1 aromatic carbocycles. The number of hydroxylamine groups is 1. The minimum atomic E-state index is -0.359. The maximum absolute atomic E-state index is 13.2. The van der Waals surface area contributed by atoms with Gasteiger partial charge in [0.15, 0.2) is 5.84 Å². The molecule has 112 valence electrons. The van der Waals surface area contributed by atoms with Gasteiger partial charge in [-0.25, -0.2) is 14.0 Å². The van der Waals surface area contributed by atoms with Crippen LogP contribution in [0.5, 0.6) is 5.88 Å². The van der Waals surface area contributed by atoms with E-state index in [9.17, 15) is 4.39 Å². The molecular weight excluding hydrogens is 283 g/mol. The number of amidine groups is 1. The molecule has 2 rings (SSSR count). The van der Waals surface area contributed by atoms with Crippen molar-refractivity contribution < 1.29 is 24.1 Å². The van der Waals surface area contributed by atoms with Crippen LogP contribution in [0.2, 0.25) is 0 Å². The molecule has 8 nitrogen and oxygen atoms in total. The second-order valence-electron chi connectivity index (χ2n) is 4.00. The van der Waals surface area contributed by atoms with Gasteiger partial charge in [0.2, 0.25) is 5.69 Å². The number of halogens is 1. The zero-order valence-corrected chi connectivity index (χ0v) is 11.1. The number of rotatable bonds is 5. The van der Waals surface area contributed by atoms with E-state index >= 15 is 0 Å². The van der Waals surface area contributed by atoms with Crippen molar-refractivity contribution in [3.05, 3.63) is 35.3 Å². The molecule has 0 aliphatic carbocycles. The van der Waals surface area contributed by atoms with E-state index in [4.69, 9.17) is 15.1 Å². The molecule has 0 saturated carbocycles. The summed E-state index contributed by atoms with van der Waals surface area (Å²) in [5.74, 6) is -0.485. The fraction of sp³-hybridized carbons (Fsp3) is 0.250. The van der Waals surface area contributed by atoms with Crippen molar-refractivity contribution in [2.24, 2.45) is 4.99 Å². The minimum absolute atomic E-state index is 0.0183. The quantitative estimate of drug-likeness (QED) is 0.427. The molecular formula is C12H13FN4O4. The van der Waals surface area contributed by atoms with Crippen molar-refractivity contribution in [3.63, 3.8) is 0 Å². The summed E-state index contributed by atoms with van der Waals surface area (Å²) in [6, 6.07) is 4.18. The Kier molecular flexibility index (Phi) is 4.80. The van der Waals surface area contributed by atoms with Crippen LogP contribution in [0.3, 0.4) is 0 Å². The van der Waals surface area contributed by atoms with Gasteiger partial charge in [0.05, 0.1) is 12.3 Å². The Balaban J connectivity index is 2.32. The maximum Gasteiger partial charge on any atom is 0.287 e. The minimum Gasteiger partial charge on any atom is -0.471 e. The Labute approximate surface area is 118 Å². The lowest BCUT2D eigenvalue weighted by atomic mass is 10.2. The highest BCUT2D eigenvalue weighted by Gasteiger charge is 2.18. The second-order valence-corrected chi connectivity index (χ2v) is 4.00. The highest BCUT2D eigenvalue weighted by atomic mass is 19.1. The van der Waals surface area contributed by atoms with Crippen molar-refractivity contribution in [2.45, 2.75) is 6.92 Å². The molecule has 3 N–H and O–H groups in total. The predicted octanol–water partition coefficient (Wildman–Crippen LogP) is 0.945. The first-order valence-corrected chi connectivity index (χ1v) is 5.97. The van der Waals surface area contributed by atoms with Gasteiger partial charge >= 0.3 is 0 Å². The highest BCUT2D eigenvalue weighted by molar-refractivity contribution is 5.99. The molecule has 0 saturated heterocycles. The van der Waals surface area contributed by atoms with Crippen molar-refractivity contribution in [2.75, 3.05) is 13.2 Å². The zero-order chi connectivity index (χ0) is 15.2. The maximum atomic E-state index is 13.2. The average Bonchev–Trinajstić information content (AvgIpc) is 2.94. The first kappa shape index (κ1) is 14.9. The number of nitrogens with one attached hydrogen (secondary N) is 1. The molecule has 0 amide bonds. The molecule has 0 spiro atoms. The molecule has 1 aromatic heterocycles. The summed E-state index contributed by atoms with van der Waals surface area (Å²) in [4.78, 5) is 4.07. The first-order valence-electron chi connectivity index (χ1n) is 5.97. The molecule has 0 aliphatic rings. The molecule has 9 heteroatoms. The van der Waals surface area contributed by atoms with Gasteiger partial charge < -0.3 is 9.84 Å². The van der Waals surface area contributed by atoms with Crippen molar-refractivity contribution in [3.8, 4) is 5.88 Å². The van der Waals surface area contributed by atoms with Crippen LogP contribution in [0.4, 0.5) is 10.1 Å². The van der Waals surface area contributed by atoms with Gasteiger partial charge in [-0.15, -0.1) is 0 Å². The highest BCUT2D eigenvalue weighted by Crippen LogP contribution is 2.19. The zero-order valence-electron chi connectivity index (χ0n) is 11.1. The number of benzene rings is 1. The third-order valence-corrected chi connectivity index (χ3v) is 2.50. The fourth-order valence-electron chi connectivity index (χ4n) is 1.52. The summed E-state index contributed by atoms with van der Waals surface area (Å²) in [5.41, 5.74) is 2.67. The first-order chi connectivity index (χ1) is 10.2. The lowest BCUT2D eigenvalue weighted by Gasteiger charge is -2.04. The SMILES string of the molecule is Cc1cc(N=C(NO)c2nonc2OCCO)ccc1F. The van der Waals surface area contributed by atoms with Crippen LogP contribution in [0.1, 0.15) is 11.3 Å². The molecule has 0 bridgehead atoms. The predicted molar refractivity (Wildman–Crippen MR) is 69.1 cm³/mol. The van der Waals surface area contributed by atoms with Crippen molar-refractivity contribution in [1.82, 2.24) is 15.8 Å². The molecule has 0 atom stereocenters. The van der Waals surface area contributed by atoms with Crippen LogP contribution >= 0.6 is 0 Å². The van der Waals surface area contributed by atoms with Crippen LogP contribution in [0.15, 0.2) is 27.8 Å². The Morgan fingerprint density at radius 2 is 2.29 bits per heavy atom. The van der Waals surface area contributed by atoms with Crippen molar-refractivity contribution >= 4 is 11.5 Å². The fourth-order valence-corrected chi connectivity index (χ4v) is 1.52. The Morgan fingerprint density at radius 3 is 2.95 bits per heavy atom. The number of nitrogens with zero attached hydrogens (tertiary/aromatic N) is 3. The van der Waals surface area contributed by atoms with E-state index < -0.39 is 0 Å². The topological polar surface area (TPSA) is 113 Å². The number of aliphatic hydroxyl groups excluding tert-OH is 1. The van der Waals surface area contributed by atoms with E-state index in [1.165, 1.54) is 18.2 Å². The monoisotopic (exact) mass is 296 g/mol. The Hall–Kier alpha value is -2.52. The second kappa shape index (κ2) is 6.77. The van der Waals surface area contributed by atoms with Crippen LogP contribution in [0, 0.1) is 12.7 Å². The Bertz CT molecular complexity index is 644. The van der Waals surface area contributed by atoms with E-state index in [2.05, 4.69) is 19.9 Å². The number of aliphatic imine (C=N–C) groups is 1. The van der Waals surface area contributed by atoms with E-state index in [-0.39, 0.29) is 36.4 Å². The number of hydrogen-bond donors (Lipinski definition) is 3. The number of aryl methyl sites for hydroxylation is 1. The number of aliphatic hydroxyl groups is 1. The third-order valence-electron chi connectivity index (χ3n) is 2.50. The number of hydrogen-bond acceptors (Lipinski definition) is 7. The summed E-state index contributed by atoms with van der Waals surface area (Å²) in [7, 11) is 0. The van der Waals surface area contributed by atoms with E-state index in [1.807, 2.05) is 5.48 Å². The molecule has 1 heterocycles. The lowest BCUT2D eigenvalue weighted by Crippen LogP contribution is -2.21. The van der Waals surface area contributed by atoms with E-state index in [0.29, 0.717) is 11.3 Å². The van der Waals surface area contributed by atoms with E-state index in [0.717, 1.165) is 0 Å². The van der Waals surface area contributed by atoms with Gasteiger partial charge in [-0.3, -0.25) is 10.7 Å². The number of aromatic nitrogens is 2. The van der Waals surface area contributed by atoms with Crippen LogP contribution in [0.25, 0.3) is 0 Å².